The molecule has 2 amide bonds. The average molecular weight is 423 g/mol. The first-order valence-corrected chi connectivity index (χ1v) is 11.0. The first kappa shape index (κ1) is 19.8. The van der Waals surface area contributed by atoms with Crippen LogP contribution in [0, 0.1) is 5.95 Å². The second-order valence-corrected chi connectivity index (χ2v) is 8.45. The van der Waals surface area contributed by atoms with Gasteiger partial charge in [-0.3, -0.25) is 0 Å². The van der Waals surface area contributed by atoms with E-state index in [0.717, 1.165) is 68.4 Å². The summed E-state index contributed by atoms with van der Waals surface area (Å²) >= 11 is 0. The minimum Gasteiger partial charge on any atom is -0.363 e. The van der Waals surface area contributed by atoms with Gasteiger partial charge >= 0.3 is 6.03 Å². The number of amides is 2. The van der Waals surface area contributed by atoms with E-state index in [9.17, 15) is 9.18 Å². The van der Waals surface area contributed by atoms with E-state index in [4.69, 9.17) is 0 Å². The third-order valence-electron chi connectivity index (χ3n) is 6.32. The minimum absolute atomic E-state index is 0.0187. The van der Waals surface area contributed by atoms with Crippen molar-refractivity contribution in [1.82, 2.24) is 30.2 Å². The summed E-state index contributed by atoms with van der Waals surface area (Å²) in [6.07, 6.45) is 13.2. The highest BCUT2D eigenvalue weighted by atomic mass is 19.1. The number of aromatic nitrogens is 4. The van der Waals surface area contributed by atoms with Crippen molar-refractivity contribution in [3.8, 4) is 0 Å². The molecule has 0 aromatic carbocycles. The number of nitrogens with one attached hydrogen (secondary N) is 2. The number of halogens is 1. The number of nitrogens with zero attached hydrogens (tertiary/aromatic N) is 5. The predicted octanol–water partition coefficient (Wildman–Crippen LogP) is 2.92. The van der Waals surface area contributed by atoms with Gasteiger partial charge in [0, 0.05) is 48.9 Å². The topological polar surface area (TPSA) is 95.9 Å². The molecule has 31 heavy (non-hydrogen) atoms. The number of hydrogen-bond acceptors (Lipinski definition) is 6. The normalized spacial score (nSPS) is 22.7. The number of carbonyl (C=O) groups excluding carboxylic acids is 1. The number of allylic oxidation sites excluding steroid dienone is 1. The van der Waals surface area contributed by atoms with Gasteiger partial charge in [-0.2, -0.15) is 4.39 Å². The predicted molar refractivity (Wildman–Crippen MR) is 114 cm³/mol. The van der Waals surface area contributed by atoms with E-state index in [0.29, 0.717) is 12.1 Å². The number of hydrogen-bond donors (Lipinski definition) is 2. The fourth-order valence-electron chi connectivity index (χ4n) is 4.72. The first-order chi connectivity index (χ1) is 15.2. The average Bonchev–Trinajstić information content (AvgIpc) is 3.46. The van der Waals surface area contributed by atoms with Gasteiger partial charge < -0.3 is 15.5 Å². The van der Waals surface area contributed by atoms with Crippen LogP contribution in [0.2, 0.25) is 0 Å². The zero-order chi connectivity index (χ0) is 21.2. The van der Waals surface area contributed by atoms with Gasteiger partial charge in [0.2, 0.25) is 0 Å². The van der Waals surface area contributed by atoms with E-state index in [-0.39, 0.29) is 23.9 Å². The highest BCUT2D eigenvalue weighted by molar-refractivity contribution is 5.82. The molecule has 1 saturated carbocycles. The van der Waals surface area contributed by atoms with Gasteiger partial charge in [0.15, 0.2) is 5.82 Å². The van der Waals surface area contributed by atoms with E-state index in [1.807, 2.05) is 11.0 Å². The molecule has 2 N–H and O–H groups in total. The highest BCUT2D eigenvalue weighted by Crippen LogP contribution is 2.31. The molecule has 0 spiro atoms. The van der Waals surface area contributed by atoms with E-state index >= 15 is 0 Å². The molecule has 5 rings (SSSR count). The van der Waals surface area contributed by atoms with E-state index in [1.165, 1.54) is 12.5 Å². The van der Waals surface area contributed by atoms with E-state index in [2.05, 4.69) is 30.6 Å². The molecule has 3 aliphatic rings. The molecule has 9 heteroatoms. The Morgan fingerprint density at radius 3 is 2.81 bits per heavy atom. The number of urea groups is 1. The fraction of sp³-hybridized carbons (Fsp3) is 0.500. The minimum atomic E-state index is -0.616. The summed E-state index contributed by atoms with van der Waals surface area (Å²) in [6.45, 7) is 1.66. The van der Waals surface area contributed by atoms with Crippen LogP contribution in [0.1, 0.15) is 55.5 Å². The summed E-state index contributed by atoms with van der Waals surface area (Å²) in [7, 11) is 0. The van der Waals surface area contributed by atoms with Gasteiger partial charge in [0.25, 0.3) is 5.95 Å². The third-order valence-corrected chi connectivity index (χ3v) is 6.32. The summed E-state index contributed by atoms with van der Waals surface area (Å²) in [5.74, 6) is -0.463. The molecule has 3 heterocycles. The maximum Gasteiger partial charge on any atom is 0.317 e. The van der Waals surface area contributed by atoms with Crippen molar-refractivity contribution in [3.63, 3.8) is 0 Å². The number of carbonyl (C=O) groups is 1. The Labute approximate surface area is 180 Å². The lowest BCUT2D eigenvalue weighted by Crippen LogP contribution is -2.47. The Kier molecular flexibility index (Phi) is 5.48. The SMILES string of the molecule is O=C(N[C@H]1CCC[C@@H](Nc2nc(C3=CCc4ncncc43)cnc2F)C1)N1CCCC1. The van der Waals surface area contributed by atoms with Crippen molar-refractivity contribution in [1.29, 1.82) is 0 Å². The summed E-state index contributed by atoms with van der Waals surface area (Å²) in [5, 5.41) is 6.39. The smallest absolute Gasteiger partial charge is 0.317 e. The van der Waals surface area contributed by atoms with Crippen LogP contribution in [-0.4, -0.2) is 56.0 Å². The van der Waals surface area contributed by atoms with Gasteiger partial charge in [-0.05, 0) is 38.5 Å². The standard InChI is InChI=1S/C22H26FN7O/c23-20-21(29-19(12-25-20)16-6-7-18-17(16)11-24-13-26-18)27-14-4-3-5-15(10-14)28-22(31)30-8-1-2-9-30/h6,11-15H,1-5,7-10H2,(H,27,29)(H,28,31)/t14-,15+/m1/s1. The fourth-order valence-corrected chi connectivity index (χ4v) is 4.72. The molecule has 1 saturated heterocycles. The van der Waals surface area contributed by atoms with Crippen molar-refractivity contribution in [2.24, 2.45) is 0 Å². The Bertz CT molecular complexity index is 1010. The molecule has 2 aliphatic carbocycles. The molecular formula is C22H26FN7O. The maximum absolute atomic E-state index is 14.5. The largest absolute Gasteiger partial charge is 0.363 e. The second-order valence-electron chi connectivity index (χ2n) is 8.45. The lowest BCUT2D eigenvalue weighted by molar-refractivity contribution is 0.199. The van der Waals surface area contributed by atoms with Gasteiger partial charge in [0.05, 0.1) is 17.6 Å². The van der Waals surface area contributed by atoms with E-state index in [1.54, 1.807) is 6.20 Å². The molecule has 8 nitrogen and oxygen atoms in total. The molecule has 2 atom stereocenters. The highest BCUT2D eigenvalue weighted by Gasteiger charge is 2.27. The third kappa shape index (κ3) is 4.22. The molecule has 0 radical (unpaired) electrons. The Hall–Kier alpha value is -3.10. The maximum atomic E-state index is 14.5. The summed E-state index contributed by atoms with van der Waals surface area (Å²) < 4.78 is 14.5. The Morgan fingerprint density at radius 1 is 1.10 bits per heavy atom. The molecular weight excluding hydrogens is 397 g/mol. The van der Waals surface area contributed by atoms with Crippen LogP contribution in [0.3, 0.4) is 0 Å². The van der Waals surface area contributed by atoms with Gasteiger partial charge in [-0.15, -0.1) is 0 Å². The monoisotopic (exact) mass is 423 g/mol. The van der Waals surface area contributed by atoms with Crippen molar-refractivity contribution in [2.45, 2.75) is 57.0 Å². The van der Waals surface area contributed by atoms with Gasteiger partial charge in [-0.25, -0.2) is 24.7 Å². The van der Waals surface area contributed by atoms with Crippen molar-refractivity contribution in [3.05, 3.63) is 47.7 Å². The Balaban J connectivity index is 1.26. The molecule has 0 unspecified atom stereocenters. The molecule has 162 valence electrons. The molecule has 2 aromatic rings. The number of rotatable bonds is 4. The van der Waals surface area contributed by atoms with Crippen LogP contribution in [0.5, 0.6) is 0 Å². The van der Waals surface area contributed by atoms with Crippen LogP contribution >= 0.6 is 0 Å². The van der Waals surface area contributed by atoms with Gasteiger partial charge in [-0.1, -0.05) is 6.08 Å². The van der Waals surface area contributed by atoms with Crippen LogP contribution in [0.4, 0.5) is 15.0 Å². The lowest BCUT2D eigenvalue weighted by atomic mass is 9.91. The zero-order valence-corrected chi connectivity index (χ0v) is 17.4. The van der Waals surface area contributed by atoms with Crippen molar-refractivity contribution < 1.29 is 9.18 Å². The van der Waals surface area contributed by atoms with Crippen LogP contribution < -0.4 is 10.6 Å². The molecule has 1 aliphatic heterocycles. The molecule has 2 aromatic heterocycles. The molecule has 2 fully saturated rings. The van der Waals surface area contributed by atoms with Crippen LogP contribution in [0.15, 0.2) is 24.8 Å². The summed E-state index contributed by atoms with van der Waals surface area (Å²) in [4.78, 5) is 31.1. The van der Waals surface area contributed by atoms with Crippen LogP contribution in [-0.2, 0) is 6.42 Å². The Morgan fingerprint density at radius 2 is 1.94 bits per heavy atom. The van der Waals surface area contributed by atoms with Gasteiger partial charge in [0.1, 0.15) is 6.33 Å². The quantitative estimate of drug-likeness (QED) is 0.785. The lowest BCUT2D eigenvalue weighted by Gasteiger charge is -2.31. The van der Waals surface area contributed by atoms with Crippen molar-refractivity contribution in [2.75, 3.05) is 18.4 Å². The van der Waals surface area contributed by atoms with Crippen LogP contribution in [0.25, 0.3) is 5.57 Å². The van der Waals surface area contributed by atoms with E-state index < -0.39 is 5.95 Å². The molecule has 0 bridgehead atoms. The summed E-state index contributed by atoms with van der Waals surface area (Å²) in [5.41, 5.74) is 3.34. The summed E-state index contributed by atoms with van der Waals surface area (Å²) in [6, 6.07) is 0.134. The second kappa shape index (κ2) is 8.56. The number of anilines is 1. The number of likely N-dealkylation sites (tertiary alicyclic amines) is 1. The zero-order valence-electron chi connectivity index (χ0n) is 17.4. The van der Waals surface area contributed by atoms with Crippen molar-refractivity contribution >= 4 is 17.4 Å². The number of fused-ring (bicyclic) bond motifs is 1. The first-order valence-electron chi connectivity index (χ1n) is 11.0.